The summed E-state index contributed by atoms with van der Waals surface area (Å²) in [6, 6.07) is 1.62. The van der Waals surface area contributed by atoms with Gasteiger partial charge in [-0.3, -0.25) is 4.79 Å². The second-order valence-corrected chi connectivity index (χ2v) is 5.82. The lowest BCUT2D eigenvalue weighted by Gasteiger charge is -2.08. The van der Waals surface area contributed by atoms with E-state index in [1.54, 1.807) is 6.07 Å². The van der Waals surface area contributed by atoms with Crippen molar-refractivity contribution < 1.29 is 19.4 Å². The molecular weight excluding hydrogens is 266 g/mol. The number of rotatable bonds is 4. The SMILES string of the molecule is CCc1cc(C(=O)O)c(NC(=O)C2COC(C)C2)s1. The Balaban J connectivity index is 2.11. The Bertz CT molecular complexity index is 497. The van der Waals surface area contributed by atoms with Crippen LogP contribution in [0.3, 0.4) is 0 Å². The minimum Gasteiger partial charge on any atom is -0.478 e. The second kappa shape index (κ2) is 5.71. The van der Waals surface area contributed by atoms with Gasteiger partial charge in [0.25, 0.3) is 0 Å². The number of thiophene rings is 1. The molecule has 19 heavy (non-hydrogen) atoms. The summed E-state index contributed by atoms with van der Waals surface area (Å²) in [4.78, 5) is 24.1. The Hall–Kier alpha value is -1.40. The molecule has 1 fully saturated rings. The van der Waals surface area contributed by atoms with E-state index in [9.17, 15) is 9.59 Å². The summed E-state index contributed by atoms with van der Waals surface area (Å²) in [7, 11) is 0. The predicted molar refractivity (Wildman–Crippen MR) is 72.8 cm³/mol. The van der Waals surface area contributed by atoms with Crippen LogP contribution in [0.15, 0.2) is 6.07 Å². The lowest BCUT2D eigenvalue weighted by Crippen LogP contribution is -2.23. The molecule has 1 aromatic heterocycles. The number of anilines is 1. The Morgan fingerprint density at radius 3 is 2.84 bits per heavy atom. The molecule has 1 aromatic rings. The van der Waals surface area contributed by atoms with Crippen molar-refractivity contribution in [2.45, 2.75) is 32.8 Å². The van der Waals surface area contributed by atoms with Gasteiger partial charge in [0.05, 0.1) is 24.2 Å². The van der Waals surface area contributed by atoms with Crippen LogP contribution in [0.2, 0.25) is 0 Å². The Morgan fingerprint density at radius 1 is 1.58 bits per heavy atom. The second-order valence-electron chi connectivity index (χ2n) is 4.68. The molecule has 1 amide bonds. The number of carbonyl (C=O) groups excluding carboxylic acids is 1. The molecule has 104 valence electrons. The number of aromatic carboxylic acids is 1. The van der Waals surface area contributed by atoms with E-state index in [1.807, 2.05) is 13.8 Å². The zero-order chi connectivity index (χ0) is 14.0. The van der Waals surface area contributed by atoms with E-state index < -0.39 is 5.97 Å². The molecule has 0 aliphatic carbocycles. The third-order valence-corrected chi connectivity index (χ3v) is 4.36. The van der Waals surface area contributed by atoms with Gasteiger partial charge >= 0.3 is 5.97 Å². The largest absolute Gasteiger partial charge is 0.478 e. The first-order valence-electron chi connectivity index (χ1n) is 6.29. The summed E-state index contributed by atoms with van der Waals surface area (Å²) in [5.41, 5.74) is 0.169. The lowest BCUT2D eigenvalue weighted by atomic mass is 10.1. The minimum absolute atomic E-state index is 0.0873. The van der Waals surface area contributed by atoms with E-state index in [0.717, 1.165) is 11.3 Å². The number of hydrogen-bond acceptors (Lipinski definition) is 4. The van der Waals surface area contributed by atoms with Crippen molar-refractivity contribution in [3.05, 3.63) is 16.5 Å². The summed E-state index contributed by atoms with van der Waals surface area (Å²) in [5.74, 6) is -1.36. The van der Waals surface area contributed by atoms with Crippen molar-refractivity contribution in [1.29, 1.82) is 0 Å². The van der Waals surface area contributed by atoms with Crippen molar-refractivity contribution in [2.75, 3.05) is 11.9 Å². The first kappa shape index (κ1) is 14.0. The molecule has 5 nitrogen and oxygen atoms in total. The average molecular weight is 283 g/mol. The highest BCUT2D eigenvalue weighted by molar-refractivity contribution is 7.16. The van der Waals surface area contributed by atoms with Gasteiger partial charge in [-0.2, -0.15) is 0 Å². The van der Waals surface area contributed by atoms with E-state index in [1.165, 1.54) is 11.3 Å². The van der Waals surface area contributed by atoms with Crippen LogP contribution >= 0.6 is 11.3 Å². The molecule has 2 heterocycles. The molecule has 0 spiro atoms. The molecule has 0 aromatic carbocycles. The molecule has 2 N–H and O–H groups in total. The number of hydrogen-bond donors (Lipinski definition) is 2. The molecule has 1 aliphatic rings. The summed E-state index contributed by atoms with van der Waals surface area (Å²) in [5, 5.41) is 12.3. The summed E-state index contributed by atoms with van der Waals surface area (Å²) >= 11 is 1.32. The fourth-order valence-electron chi connectivity index (χ4n) is 2.08. The molecule has 0 radical (unpaired) electrons. The van der Waals surface area contributed by atoms with Crippen LogP contribution in [0.4, 0.5) is 5.00 Å². The Kier molecular flexibility index (Phi) is 4.21. The number of carboxylic acid groups (broad SMARTS) is 1. The quantitative estimate of drug-likeness (QED) is 0.889. The highest BCUT2D eigenvalue weighted by Crippen LogP contribution is 2.30. The Morgan fingerprint density at radius 2 is 2.32 bits per heavy atom. The summed E-state index contributed by atoms with van der Waals surface area (Å²) in [6.07, 6.45) is 1.52. The lowest BCUT2D eigenvalue weighted by molar-refractivity contribution is -0.119. The summed E-state index contributed by atoms with van der Waals surface area (Å²) in [6.45, 7) is 4.28. The predicted octanol–water partition coefficient (Wildman–Crippen LogP) is 2.37. The van der Waals surface area contributed by atoms with E-state index in [4.69, 9.17) is 9.84 Å². The minimum atomic E-state index is -1.01. The third kappa shape index (κ3) is 3.13. The smallest absolute Gasteiger partial charge is 0.338 e. The van der Waals surface area contributed by atoms with Gasteiger partial charge in [-0.15, -0.1) is 11.3 Å². The number of carboxylic acids is 1. The Labute approximate surface area is 115 Å². The maximum Gasteiger partial charge on any atom is 0.338 e. The van der Waals surface area contributed by atoms with Crippen LogP contribution < -0.4 is 5.32 Å². The first-order valence-corrected chi connectivity index (χ1v) is 7.11. The topological polar surface area (TPSA) is 75.6 Å². The van der Waals surface area contributed by atoms with Crippen molar-refractivity contribution >= 4 is 28.2 Å². The first-order chi connectivity index (χ1) is 9.01. The van der Waals surface area contributed by atoms with Gasteiger partial charge in [0.2, 0.25) is 5.91 Å². The zero-order valence-electron chi connectivity index (χ0n) is 10.9. The van der Waals surface area contributed by atoms with Crippen molar-refractivity contribution in [3.8, 4) is 0 Å². The van der Waals surface area contributed by atoms with E-state index in [2.05, 4.69) is 5.32 Å². The van der Waals surface area contributed by atoms with Crippen LogP contribution in [-0.2, 0) is 16.0 Å². The van der Waals surface area contributed by atoms with Crippen LogP contribution in [-0.4, -0.2) is 29.7 Å². The van der Waals surface area contributed by atoms with E-state index in [0.29, 0.717) is 18.0 Å². The van der Waals surface area contributed by atoms with Gasteiger partial charge < -0.3 is 15.2 Å². The molecule has 0 bridgehead atoms. The number of nitrogens with one attached hydrogen (secondary N) is 1. The number of ether oxygens (including phenoxy) is 1. The third-order valence-electron chi connectivity index (χ3n) is 3.17. The normalized spacial score (nSPS) is 22.4. The van der Waals surface area contributed by atoms with Crippen LogP contribution in [0, 0.1) is 5.92 Å². The van der Waals surface area contributed by atoms with Crippen LogP contribution in [0.25, 0.3) is 0 Å². The maximum absolute atomic E-state index is 12.1. The molecule has 2 atom stereocenters. The average Bonchev–Trinajstić information content (AvgIpc) is 2.95. The highest BCUT2D eigenvalue weighted by Gasteiger charge is 2.29. The standard InChI is InChI=1S/C13H17NO4S/c1-3-9-5-10(13(16)17)12(19-9)14-11(15)8-4-7(2)18-6-8/h5,7-8H,3-4,6H2,1-2H3,(H,14,15)(H,16,17). The van der Waals surface area contributed by atoms with Gasteiger partial charge in [0.15, 0.2) is 0 Å². The molecular formula is C13H17NO4S. The van der Waals surface area contributed by atoms with Crippen molar-refractivity contribution in [1.82, 2.24) is 0 Å². The van der Waals surface area contributed by atoms with Crippen LogP contribution in [0.1, 0.15) is 35.5 Å². The molecule has 2 unspecified atom stereocenters. The highest BCUT2D eigenvalue weighted by atomic mass is 32.1. The van der Waals surface area contributed by atoms with Gasteiger partial charge in [0.1, 0.15) is 5.00 Å². The van der Waals surface area contributed by atoms with Crippen LogP contribution in [0.5, 0.6) is 0 Å². The zero-order valence-corrected chi connectivity index (χ0v) is 11.8. The molecule has 2 rings (SSSR count). The fourth-order valence-corrected chi connectivity index (χ4v) is 3.07. The maximum atomic E-state index is 12.1. The van der Waals surface area contributed by atoms with E-state index >= 15 is 0 Å². The van der Waals surface area contributed by atoms with Gasteiger partial charge in [-0.25, -0.2) is 4.79 Å². The van der Waals surface area contributed by atoms with Gasteiger partial charge in [0, 0.05) is 4.88 Å². The van der Waals surface area contributed by atoms with Crippen molar-refractivity contribution in [3.63, 3.8) is 0 Å². The summed E-state index contributed by atoms with van der Waals surface area (Å²) < 4.78 is 5.35. The van der Waals surface area contributed by atoms with Crippen molar-refractivity contribution in [2.24, 2.45) is 5.92 Å². The monoisotopic (exact) mass is 283 g/mol. The van der Waals surface area contributed by atoms with E-state index in [-0.39, 0.29) is 23.5 Å². The molecule has 1 saturated heterocycles. The van der Waals surface area contributed by atoms with Gasteiger partial charge in [-0.1, -0.05) is 6.92 Å². The fraction of sp³-hybridized carbons (Fsp3) is 0.538. The number of carbonyl (C=O) groups is 2. The molecule has 0 saturated carbocycles. The molecule has 6 heteroatoms. The van der Waals surface area contributed by atoms with Gasteiger partial charge in [-0.05, 0) is 25.8 Å². The number of aryl methyl sites for hydroxylation is 1. The molecule has 1 aliphatic heterocycles. The number of amides is 1.